The molecule has 0 bridgehead atoms. The second-order valence-electron chi connectivity index (χ2n) is 5.61. The Morgan fingerprint density at radius 1 is 1.32 bits per heavy atom. The molecule has 116 valence electrons. The lowest BCUT2D eigenvalue weighted by Gasteiger charge is -2.20. The average molecular weight is 335 g/mol. The van der Waals surface area contributed by atoms with Gasteiger partial charge >= 0.3 is 0 Å². The van der Waals surface area contributed by atoms with Crippen molar-refractivity contribution in [3.05, 3.63) is 57.2 Å². The third kappa shape index (κ3) is 3.88. The van der Waals surface area contributed by atoms with E-state index in [1.165, 1.54) is 0 Å². The zero-order chi connectivity index (χ0) is 15.4. The lowest BCUT2D eigenvalue weighted by molar-refractivity contribution is -0.122. The first-order chi connectivity index (χ1) is 10.7. The summed E-state index contributed by atoms with van der Waals surface area (Å²) in [7, 11) is 0. The minimum absolute atomic E-state index is 0.0885. The van der Waals surface area contributed by atoms with Gasteiger partial charge in [0, 0.05) is 17.5 Å². The molecular weight excluding hydrogens is 316 g/mol. The summed E-state index contributed by atoms with van der Waals surface area (Å²) in [5.41, 5.74) is 2.16. The van der Waals surface area contributed by atoms with E-state index in [-0.39, 0.29) is 11.9 Å². The van der Waals surface area contributed by atoms with Crippen LogP contribution in [0.25, 0.3) is 0 Å². The lowest BCUT2D eigenvalue weighted by atomic mass is 10.0. The van der Waals surface area contributed by atoms with Crippen molar-refractivity contribution in [3.63, 3.8) is 0 Å². The Kier molecular flexibility index (Phi) is 5.13. The van der Waals surface area contributed by atoms with Crippen LogP contribution in [-0.2, 0) is 4.79 Å². The number of benzene rings is 1. The van der Waals surface area contributed by atoms with Crippen molar-refractivity contribution in [1.82, 2.24) is 10.6 Å². The molecule has 1 aromatic carbocycles. The molecule has 0 spiro atoms. The van der Waals surface area contributed by atoms with Crippen LogP contribution in [0.4, 0.5) is 0 Å². The number of nitrogens with one attached hydrogen (secondary N) is 2. The number of hydrogen-bond donors (Lipinski definition) is 2. The minimum atomic E-state index is -0.114. The molecule has 3 nitrogen and oxygen atoms in total. The molecule has 2 atom stereocenters. The molecule has 1 fully saturated rings. The lowest BCUT2D eigenvalue weighted by Crippen LogP contribution is -2.34. The van der Waals surface area contributed by atoms with Gasteiger partial charge in [-0.05, 0) is 59.5 Å². The Hall–Kier alpha value is -1.36. The smallest absolute Gasteiger partial charge is 0.222 e. The molecule has 2 aromatic rings. The molecule has 22 heavy (non-hydrogen) atoms. The number of thiophene rings is 1. The molecule has 0 saturated carbocycles. The van der Waals surface area contributed by atoms with E-state index in [2.05, 4.69) is 22.1 Å². The molecule has 3 rings (SSSR count). The van der Waals surface area contributed by atoms with Gasteiger partial charge in [0.15, 0.2) is 0 Å². The van der Waals surface area contributed by atoms with Crippen LogP contribution >= 0.6 is 22.9 Å². The summed E-state index contributed by atoms with van der Waals surface area (Å²) in [6.07, 6.45) is 2.77. The van der Waals surface area contributed by atoms with Gasteiger partial charge in [-0.25, -0.2) is 0 Å². The van der Waals surface area contributed by atoms with Crippen molar-refractivity contribution in [1.29, 1.82) is 0 Å². The highest BCUT2D eigenvalue weighted by Gasteiger charge is 2.21. The van der Waals surface area contributed by atoms with Crippen LogP contribution in [0, 0.1) is 0 Å². The highest BCUT2D eigenvalue weighted by molar-refractivity contribution is 7.08. The Labute approximate surface area is 139 Å². The van der Waals surface area contributed by atoms with E-state index in [4.69, 9.17) is 11.6 Å². The first-order valence-corrected chi connectivity index (χ1v) is 8.85. The Morgan fingerprint density at radius 2 is 2.14 bits per heavy atom. The van der Waals surface area contributed by atoms with E-state index in [0.29, 0.717) is 17.5 Å². The number of carbonyl (C=O) groups is 1. The molecule has 2 unspecified atom stereocenters. The Balaban J connectivity index is 1.74. The maximum Gasteiger partial charge on any atom is 0.222 e. The maximum atomic E-state index is 12.4. The van der Waals surface area contributed by atoms with Crippen LogP contribution in [0.15, 0.2) is 41.1 Å². The van der Waals surface area contributed by atoms with Gasteiger partial charge in [-0.3, -0.25) is 4.79 Å². The van der Waals surface area contributed by atoms with Crippen LogP contribution in [0.3, 0.4) is 0 Å². The fraction of sp³-hybridized carbons (Fsp3) is 0.353. The summed E-state index contributed by atoms with van der Waals surface area (Å²) < 4.78 is 0. The normalized spacial score (nSPS) is 19.0. The topological polar surface area (TPSA) is 41.1 Å². The molecule has 1 aliphatic rings. The van der Waals surface area contributed by atoms with E-state index in [1.807, 2.05) is 29.6 Å². The molecule has 0 aliphatic carbocycles. The van der Waals surface area contributed by atoms with Gasteiger partial charge in [0.25, 0.3) is 0 Å². The van der Waals surface area contributed by atoms with E-state index < -0.39 is 0 Å². The molecule has 2 heterocycles. The van der Waals surface area contributed by atoms with Gasteiger partial charge in [-0.15, -0.1) is 0 Å². The number of carbonyl (C=O) groups excluding carboxylic acids is 1. The van der Waals surface area contributed by atoms with E-state index >= 15 is 0 Å². The Morgan fingerprint density at radius 3 is 2.77 bits per heavy atom. The fourth-order valence-electron chi connectivity index (χ4n) is 2.83. The second-order valence-corrected chi connectivity index (χ2v) is 6.82. The highest BCUT2D eigenvalue weighted by atomic mass is 35.5. The van der Waals surface area contributed by atoms with Crippen molar-refractivity contribution in [2.45, 2.75) is 31.3 Å². The van der Waals surface area contributed by atoms with Gasteiger partial charge < -0.3 is 10.6 Å². The zero-order valence-corrected chi connectivity index (χ0v) is 13.8. The first kappa shape index (κ1) is 15.5. The van der Waals surface area contributed by atoms with Crippen molar-refractivity contribution in [2.75, 3.05) is 6.54 Å². The minimum Gasteiger partial charge on any atom is -0.345 e. The SMILES string of the molecule is O=C(CC1CCCN1)NC(c1ccc(Cl)cc1)c1ccsc1. The third-order valence-electron chi connectivity index (χ3n) is 3.98. The maximum absolute atomic E-state index is 12.4. The quantitative estimate of drug-likeness (QED) is 0.874. The third-order valence-corrected chi connectivity index (χ3v) is 4.93. The van der Waals surface area contributed by atoms with Gasteiger partial charge in [-0.2, -0.15) is 11.3 Å². The van der Waals surface area contributed by atoms with Gasteiger partial charge in [0.05, 0.1) is 6.04 Å². The Bertz CT molecular complexity index is 606. The monoisotopic (exact) mass is 334 g/mol. The van der Waals surface area contributed by atoms with Crippen LogP contribution in [0.5, 0.6) is 0 Å². The standard InChI is InChI=1S/C17H19ClN2OS/c18-14-5-3-12(4-6-14)17(13-7-9-22-11-13)20-16(21)10-15-2-1-8-19-15/h3-7,9,11,15,17,19H,1-2,8,10H2,(H,20,21). The van der Waals surface area contributed by atoms with Crippen LogP contribution in [-0.4, -0.2) is 18.5 Å². The molecule has 5 heteroatoms. The molecule has 1 saturated heterocycles. The fourth-order valence-corrected chi connectivity index (χ4v) is 3.64. The zero-order valence-electron chi connectivity index (χ0n) is 12.2. The van der Waals surface area contributed by atoms with E-state index in [1.54, 1.807) is 11.3 Å². The predicted octanol–water partition coefficient (Wildman–Crippen LogP) is 3.75. The van der Waals surface area contributed by atoms with Crippen molar-refractivity contribution in [3.8, 4) is 0 Å². The van der Waals surface area contributed by atoms with Crippen LogP contribution in [0.1, 0.15) is 36.4 Å². The van der Waals surface area contributed by atoms with Crippen molar-refractivity contribution in [2.24, 2.45) is 0 Å². The molecule has 0 radical (unpaired) electrons. The van der Waals surface area contributed by atoms with E-state index in [9.17, 15) is 4.79 Å². The summed E-state index contributed by atoms with van der Waals surface area (Å²) in [6, 6.07) is 9.92. The number of rotatable bonds is 5. The van der Waals surface area contributed by atoms with Gasteiger partial charge in [-0.1, -0.05) is 23.7 Å². The van der Waals surface area contributed by atoms with Crippen molar-refractivity contribution >= 4 is 28.8 Å². The van der Waals surface area contributed by atoms with Gasteiger partial charge in [0.1, 0.15) is 0 Å². The molecule has 2 N–H and O–H groups in total. The summed E-state index contributed by atoms with van der Waals surface area (Å²) in [5, 5.41) is 11.3. The molecular formula is C17H19ClN2OS. The molecule has 1 aliphatic heterocycles. The molecule has 1 aromatic heterocycles. The summed E-state index contributed by atoms with van der Waals surface area (Å²) in [5.74, 6) is 0.0885. The van der Waals surface area contributed by atoms with E-state index in [0.717, 1.165) is 30.5 Å². The largest absolute Gasteiger partial charge is 0.345 e. The number of halogens is 1. The van der Waals surface area contributed by atoms with Crippen LogP contribution < -0.4 is 10.6 Å². The summed E-state index contributed by atoms with van der Waals surface area (Å²) >= 11 is 7.60. The summed E-state index contributed by atoms with van der Waals surface area (Å²) in [4.78, 5) is 12.4. The van der Waals surface area contributed by atoms with Crippen molar-refractivity contribution < 1.29 is 4.79 Å². The first-order valence-electron chi connectivity index (χ1n) is 7.52. The highest BCUT2D eigenvalue weighted by Crippen LogP contribution is 2.25. The number of amides is 1. The summed E-state index contributed by atoms with van der Waals surface area (Å²) in [6.45, 7) is 1.02. The second kappa shape index (κ2) is 7.27. The van der Waals surface area contributed by atoms with Gasteiger partial charge in [0.2, 0.25) is 5.91 Å². The van der Waals surface area contributed by atoms with Crippen LogP contribution in [0.2, 0.25) is 5.02 Å². The average Bonchev–Trinajstić information content (AvgIpc) is 3.19. The number of hydrogen-bond acceptors (Lipinski definition) is 3. The predicted molar refractivity (Wildman–Crippen MR) is 91.4 cm³/mol. The molecule has 1 amide bonds.